The van der Waals surface area contributed by atoms with Gasteiger partial charge in [-0.05, 0) is 22.6 Å². The molecule has 106 valence electrons. The normalized spacial score (nSPS) is 10.7. The van der Waals surface area contributed by atoms with Gasteiger partial charge in [-0.15, -0.1) is 0 Å². The van der Waals surface area contributed by atoms with E-state index < -0.39 is 0 Å². The second-order valence-electron chi connectivity index (χ2n) is 5.01. The van der Waals surface area contributed by atoms with Gasteiger partial charge in [-0.25, -0.2) is 0 Å². The molecule has 0 unspecified atom stereocenters. The first-order valence-electron chi connectivity index (χ1n) is 7.16. The van der Waals surface area contributed by atoms with Crippen LogP contribution in [0.4, 0.5) is 0 Å². The van der Waals surface area contributed by atoms with Crippen LogP contribution in [0.25, 0.3) is 10.8 Å². The van der Waals surface area contributed by atoms with Crippen molar-refractivity contribution in [2.75, 3.05) is 6.61 Å². The van der Waals surface area contributed by atoms with Crippen LogP contribution >= 0.6 is 0 Å². The van der Waals surface area contributed by atoms with Gasteiger partial charge in [-0.3, -0.25) is 0 Å². The zero-order valence-electron chi connectivity index (χ0n) is 11.8. The molecule has 3 aromatic carbocycles. The molecule has 0 aliphatic rings. The maximum Gasteiger partial charge on any atom is 0.127 e. The summed E-state index contributed by atoms with van der Waals surface area (Å²) < 4.78 is 5.94. The first-order chi connectivity index (χ1) is 10.4. The third-order valence-corrected chi connectivity index (χ3v) is 3.64. The van der Waals surface area contributed by atoms with Crippen LogP contribution in [0, 0.1) is 0 Å². The Bertz CT molecular complexity index is 720. The first kappa shape index (κ1) is 13.7. The van der Waals surface area contributed by atoms with Gasteiger partial charge in [0.15, 0.2) is 0 Å². The van der Waals surface area contributed by atoms with Crippen molar-refractivity contribution in [3.05, 3.63) is 77.9 Å². The number of benzene rings is 3. The maximum atomic E-state index is 9.41. The van der Waals surface area contributed by atoms with Crippen molar-refractivity contribution in [3.63, 3.8) is 0 Å². The molecule has 0 saturated heterocycles. The third kappa shape index (κ3) is 3.06. The molecule has 3 aromatic rings. The molecule has 0 aliphatic heterocycles. The molecular weight excluding hydrogens is 260 g/mol. The zero-order chi connectivity index (χ0) is 14.5. The van der Waals surface area contributed by atoms with E-state index in [9.17, 15) is 5.11 Å². The Hall–Kier alpha value is -2.32. The van der Waals surface area contributed by atoms with Crippen molar-refractivity contribution in [2.24, 2.45) is 0 Å². The second kappa shape index (κ2) is 6.42. The fourth-order valence-electron chi connectivity index (χ4n) is 2.52. The number of ether oxygens (including phenoxy) is 1. The molecule has 2 nitrogen and oxygen atoms in total. The topological polar surface area (TPSA) is 29.5 Å². The van der Waals surface area contributed by atoms with Gasteiger partial charge in [0.2, 0.25) is 0 Å². The Morgan fingerprint density at radius 3 is 2.24 bits per heavy atom. The molecular formula is C19H18O2. The summed E-state index contributed by atoms with van der Waals surface area (Å²) in [5.41, 5.74) is 2.20. The van der Waals surface area contributed by atoms with Crippen molar-refractivity contribution >= 4 is 10.8 Å². The highest BCUT2D eigenvalue weighted by atomic mass is 16.5. The van der Waals surface area contributed by atoms with Crippen molar-refractivity contribution in [3.8, 4) is 5.75 Å². The molecule has 0 radical (unpaired) electrons. The minimum atomic E-state index is 0.0464. The van der Waals surface area contributed by atoms with Crippen molar-refractivity contribution in [2.45, 2.75) is 13.0 Å². The number of aliphatic hydroxyl groups is 1. The summed E-state index contributed by atoms with van der Waals surface area (Å²) in [4.78, 5) is 0. The van der Waals surface area contributed by atoms with Gasteiger partial charge in [0.05, 0.1) is 13.2 Å². The summed E-state index contributed by atoms with van der Waals surface area (Å²) in [7, 11) is 0. The van der Waals surface area contributed by atoms with Crippen molar-refractivity contribution in [1.29, 1.82) is 0 Å². The molecule has 0 spiro atoms. The average molecular weight is 278 g/mol. The largest absolute Gasteiger partial charge is 0.493 e. The molecule has 0 bridgehead atoms. The number of rotatable bonds is 5. The number of fused-ring (bicyclic) bond motifs is 1. The highest BCUT2D eigenvalue weighted by molar-refractivity contribution is 5.91. The van der Waals surface area contributed by atoms with Gasteiger partial charge in [0.1, 0.15) is 5.75 Å². The van der Waals surface area contributed by atoms with E-state index in [4.69, 9.17) is 4.74 Å². The highest BCUT2D eigenvalue weighted by Gasteiger charge is 2.06. The lowest BCUT2D eigenvalue weighted by atomic mass is 10.0. The highest BCUT2D eigenvalue weighted by Crippen LogP contribution is 2.28. The van der Waals surface area contributed by atoms with Crippen LogP contribution in [-0.4, -0.2) is 11.7 Å². The van der Waals surface area contributed by atoms with Crippen LogP contribution in [0.3, 0.4) is 0 Å². The Balaban J connectivity index is 1.78. The number of aliphatic hydroxyl groups excluding tert-OH is 1. The molecule has 0 amide bonds. The SMILES string of the molecule is OCc1ccc(OCCc2ccccc2)c2ccccc12. The van der Waals surface area contributed by atoms with E-state index in [-0.39, 0.29) is 6.61 Å². The first-order valence-corrected chi connectivity index (χ1v) is 7.16. The third-order valence-electron chi connectivity index (χ3n) is 3.64. The quantitative estimate of drug-likeness (QED) is 0.765. The Labute approximate surface area is 124 Å². The minimum absolute atomic E-state index is 0.0464. The van der Waals surface area contributed by atoms with Crippen LogP contribution in [0.15, 0.2) is 66.7 Å². The lowest BCUT2D eigenvalue weighted by molar-refractivity contribution is 0.283. The molecule has 21 heavy (non-hydrogen) atoms. The average Bonchev–Trinajstić information content (AvgIpc) is 2.56. The smallest absolute Gasteiger partial charge is 0.127 e. The van der Waals surface area contributed by atoms with Gasteiger partial charge in [-0.2, -0.15) is 0 Å². The molecule has 0 aromatic heterocycles. The van der Waals surface area contributed by atoms with E-state index in [1.165, 1.54) is 5.56 Å². The summed E-state index contributed by atoms with van der Waals surface area (Å²) >= 11 is 0. The zero-order valence-corrected chi connectivity index (χ0v) is 11.8. The lowest BCUT2D eigenvalue weighted by Crippen LogP contribution is -2.02. The van der Waals surface area contributed by atoms with Crippen LogP contribution in [0.2, 0.25) is 0 Å². The van der Waals surface area contributed by atoms with Crippen LogP contribution in [0.1, 0.15) is 11.1 Å². The molecule has 3 rings (SSSR count). The summed E-state index contributed by atoms with van der Waals surface area (Å²) in [5.74, 6) is 0.874. The minimum Gasteiger partial charge on any atom is -0.493 e. The van der Waals surface area contributed by atoms with Gasteiger partial charge >= 0.3 is 0 Å². The molecule has 2 heteroatoms. The monoisotopic (exact) mass is 278 g/mol. The Kier molecular flexibility index (Phi) is 4.17. The predicted octanol–water partition coefficient (Wildman–Crippen LogP) is 3.95. The Morgan fingerprint density at radius 2 is 1.48 bits per heavy atom. The standard InChI is InChI=1S/C19H18O2/c20-14-16-10-11-19(18-9-5-4-8-17(16)18)21-13-12-15-6-2-1-3-7-15/h1-11,20H,12-14H2. The summed E-state index contributed by atoms with van der Waals surface area (Å²) in [5, 5.41) is 11.5. The van der Waals surface area contributed by atoms with Gasteiger partial charge in [-0.1, -0.05) is 60.7 Å². The van der Waals surface area contributed by atoms with E-state index in [2.05, 4.69) is 12.1 Å². The van der Waals surface area contributed by atoms with E-state index in [1.807, 2.05) is 54.6 Å². The predicted molar refractivity (Wildman–Crippen MR) is 85.5 cm³/mol. The second-order valence-corrected chi connectivity index (χ2v) is 5.01. The van der Waals surface area contributed by atoms with Crippen LogP contribution < -0.4 is 4.74 Å². The summed E-state index contributed by atoms with van der Waals surface area (Å²) in [6, 6.07) is 22.2. The van der Waals surface area contributed by atoms with Crippen LogP contribution in [-0.2, 0) is 13.0 Å². The fourth-order valence-corrected chi connectivity index (χ4v) is 2.52. The number of hydrogen-bond donors (Lipinski definition) is 1. The van der Waals surface area contributed by atoms with E-state index in [0.717, 1.165) is 28.5 Å². The maximum absolute atomic E-state index is 9.41. The Morgan fingerprint density at radius 1 is 0.762 bits per heavy atom. The van der Waals surface area contributed by atoms with E-state index >= 15 is 0 Å². The molecule has 0 heterocycles. The molecule has 0 fully saturated rings. The van der Waals surface area contributed by atoms with Gasteiger partial charge in [0.25, 0.3) is 0 Å². The molecule has 0 atom stereocenters. The summed E-state index contributed by atoms with van der Waals surface area (Å²) in [6.45, 7) is 0.692. The number of hydrogen-bond acceptors (Lipinski definition) is 2. The van der Waals surface area contributed by atoms with Gasteiger partial charge < -0.3 is 9.84 Å². The van der Waals surface area contributed by atoms with E-state index in [0.29, 0.717) is 6.61 Å². The van der Waals surface area contributed by atoms with E-state index in [1.54, 1.807) is 0 Å². The molecule has 0 aliphatic carbocycles. The van der Waals surface area contributed by atoms with Crippen molar-refractivity contribution in [1.82, 2.24) is 0 Å². The van der Waals surface area contributed by atoms with Crippen molar-refractivity contribution < 1.29 is 9.84 Å². The van der Waals surface area contributed by atoms with Gasteiger partial charge in [0, 0.05) is 11.8 Å². The molecule has 1 N–H and O–H groups in total. The molecule has 0 saturated carbocycles. The fraction of sp³-hybridized carbons (Fsp3) is 0.158. The lowest BCUT2D eigenvalue weighted by Gasteiger charge is -2.11. The summed E-state index contributed by atoms with van der Waals surface area (Å²) in [6.07, 6.45) is 0.886. The van der Waals surface area contributed by atoms with Crippen LogP contribution in [0.5, 0.6) is 5.75 Å².